The van der Waals surface area contributed by atoms with E-state index in [2.05, 4.69) is 57.2 Å². The Labute approximate surface area is 327 Å². The number of rotatable bonds is 40. The van der Waals surface area contributed by atoms with Crippen molar-refractivity contribution in [2.75, 3.05) is 13.2 Å². The smallest absolute Gasteiger partial charge is 0.306 e. The second-order valence-corrected chi connectivity index (χ2v) is 14.9. The van der Waals surface area contributed by atoms with Gasteiger partial charge in [-0.15, -0.1) is 0 Å². The molecule has 0 aliphatic carbocycles. The number of unbranched alkanes of at least 4 members (excludes halogenated alkanes) is 23. The van der Waals surface area contributed by atoms with Crippen LogP contribution in [0, 0.1) is 0 Å². The fourth-order valence-electron chi connectivity index (χ4n) is 6.24. The first-order valence-corrected chi connectivity index (χ1v) is 22.5. The first-order chi connectivity index (χ1) is 26.0. The lowest BCUT2D eigenvalue weighted by atomic mass is 10.1. The van der Waals surface area contributed by atoms with Gasteiger partial charge in [-0.2, -0.15) is 0 Å². The normalized spacial score (nSPS) is 12.3. The zero-order valence-electron chi connectivity index (χ0n) is 35.0. The largest absolute Gasteiger partial charge is 0.462 e. The van der Waals surface area contributed by atoms with Crippen molar-refractivity contribution >= 4 is 17.9 Å². The molecule has 0 bridgehead atoms. The number of hydrogen-bond donors (Lipinski definition) is 0. The van der Waals surface area contributed by atoms with E-state index in [1.165, 1.54) is 116 Å². The molecule has 0 amide bonds. The molecular formula is C47H84O6. The maximum atomic E-state index is 12.7. The molecule has 1 unspecified atom stereocenters. The second kappa shape index (κ2) is 42.4. The first kappa shape index (κ1) is 50.6. The van der Waals surface area contributed by atoms with E-state index in [4.69, 9.17) is 14.2 Å². The predicted octanol–water partition coefficient (Wildman–Crippen LogP) is 14.2. The van der Waals surface area contributed by atoms with Gasteiger partial charge < -0.3 is 14.2 Å². The molecule has 0 spiro atoms. The van der Waals surface area contributed by atoms with Crippen LogP contribution in [0.3, 0.4) is 0 Å². The van der Waals surface area contributed by atoms with E-state index >= 15 is 0 Å². The molecule has 0 aliphatic rings. The van der Waals surface area contributed by atoms with Gasteiger partial charge in [0.2, 0.25) is 0 Å². The molecule has 6 heteroatoms. The Bertz CT molecular complexity index is 907. The summed E-state index contributed by atoms with van der Waals surface area (Å²) in [5.41, 5.74) is 0. The molecule has 53 heavy (non-hydrogen) atoms. The summed E-state index contributed by atoms with van der Waals surface area (Å²) >= 11 is 0. The van der Waals surface area contributed by atoms with Crippen LogP contribution < -0.4 is 0 Å². The number of carbonyl (C=O) groups is 3. The van der Waals surface area contributed by atoms with Crippen molar-refractivity contribution in [3.63, 3.8) is 0 Å². The topological polar surface area (TPSA) is 78.9 Å². The van der Waals surface area contributed by atoms with Crippen LogP contribution in [0.4, 0.5) is 0 Å². The summed E-state index contributed by atoms with van der Waals surface area (Å²) in [6, 6.07) is 0. The zero-order chi connectivity index (χ0) is 38.7. The maximum absolute atomic E-state index is 12.7. The fourth-order valence-corrected chi connectivity index (χ4v) is 6.24. The summed E-state index contributed by atoms with van der Waals surface area (Å²) in [6.45, 7) is 6.45. The highest BCUT2D eigenvalue weighted by atomic mass is 16.6. The Balaban J connectivity index is 4.35. The number of allylic oxidation sites excluding steroid dienone is 6. The molecule has 6 nitrogen and oxygen atoms in total. The van der Waals surface area contributed by atoms with Gasteiger partial charge >= 0.3 is 17.9 Å². The van der Waals surface area contributed by atoms with E-state index in [0.29, 0.717) is 19.3 Å². The highest BCUT2D eigenvalue weighted by Gasteiger charge is 2.19. The Morgan fingerprint density at radius 2 is 0.736 bits per heavy atom. The van der Waals surface area contributed by atoms with Crippen LogP contribution in [0.2, 0.25) is 0 Å². The summed E-state index contributed by atoms with van der Waals surface area (Å²) in [6.07, 6.45) is 47.1. The Morgan fingerprint density at radius 1 is 0.396 bits per heavy atom. The molecule has 0 aromatic carbocycles. The zero-order valence-corrected chi connectivity index (χ0v) is 35.0. The van der Waals surface area contributed by atoms with E-state index in [1.54, 1.807) is 0 Å². The molecule has 0 heterocycles. The van der Waals surface area contributed by atoms with Crippen LogP contribution in [-0.4, -0.2) is 37.2 Å². The molecule has 0 aromatic heterocycles. The summed E-state index contributed by atoms with van der Waals surface area (Å²) in [5, 5.41) is 0. The average Bonchev–Trinajstić information content (AvgIpc) is 3.15. The van der Waals surface area contributed by atoms with E-state index in [0.717, 1.165) is 70.6 Å². The van der Waals surface area contributed by atoms with Gasteiger partial charge in [-0.1, -0.05) is 173 Å². The third-order valence-electron chi connectivity index (χ3n) is 9.63. The molecule has 0 fully saturated rings. The lowest BCUT2D eigenvalue weighted by Crippen LogP contribution is -2.30. The molecular weight excluding hydrogens is 661 g/mol. The van der Waals surface area contributed by atoms with Crippen molar-refractivity contribution in [1.29, 1.82) is 0 Å². The van der Waals surface area contributed by atoms with E-state index in [1.807, 2.05) is 0 Å². The number of ether oxygens (including phenoxy) is 3. The van der Waals surface area contributed by atoms with E-state index in [9.17, 15) is 14.4 Å². The summed E-state index contributed by atoms with van der Waals surface area (Å²) in [7, 11) is 0. The van der Waals surface area contributed by atoms with Gasteiger partial charge in [0.05, 0.1) is 0 Å². The molecule has 0 saturated carbocycles. The lowest BCUT2D eigenvalue weighted by Gasteiger charge is -2.18. The van der Waals surface area contributed by atoms with Gasteiger partial charge in [0.1, 0.15) is 13.2 Å². The Hall–Kier alpha value is -2.37. The molecule has 0 aliphatic heterocycles. The van der Waals surface area contributed by atoms with E-state index < -0.39 is 6.10 Å². The van der Waals surface area contributed by atoms with Crippen molar-refractivity contribution in [3.8, 4) is 0 Å². The van der Waals surface area contributed by atoms with Crippen molar-refractivity contribution in [3.05, 3.63) is 36.5 Å². The van der Waals surface area contributed by atoms with Gasteiger partial charge in [-0.05, 0) is 70.6 Å². The van der Waals surface area contributed by atoms with Crippen LogP contribution >= 0.6 is 0 Å². The third kappa shape index (κ3) is 40.6. The first-order valence-electron chi connectivity index (χ1n) is 22.5. The van der Waals surface area contributed by atoms with Gasteiger partial charge in [-0.25, -0.2) is 0 Å². The SMILES string of the molecule is CC/C=C\C/C=C\CCCCC(=O)OCC(COC(=O)CCCCCCCCC/C=C\CCCCCC)OC(=O)CCCCCCCCCCCCC. The second-order valence-electron chi connectivity index (χ2n) is 14.9. The van der Waals surface area contributed by atoms with Gasteiger partial charge in [0.15, 0.2) is 6.10 Å². The Kier molecular flexibility index (Phi) is 40.5. The van der Waals surface area contributed by atoms with Crippen LogP contribution in [0.25, 0.3) is 0 Å². The van der Waals surface area contributed by atoms with Crippen molar-refractivity contribution < 1.29 is 28.6 Å². The van der Waals surface area contributed by atoms with Gasteiger partial charge in [-0.3, -0.25) is 14.4 Å². The minimum atomic E-state index is -0.780. The van der Waals surface area contributed by atoms with Gasteiger partial charge in [0, 0.05) is 19.3 Å². The van der Waals surface area contributed by atoms with Crippen LogP contribution in [-0.2, 0) is 28.6 Å². The van der Waals surface area contributed by atoms with Crippen LogP contribution in [0.15, 0.2) is 36.5 Å². The fraction of sp³-hybridized carbons (Fsp3) is 0.809. The molecule has 0 rings (SSSR count). The number of esters is 3. The van der Waals surface area contributed by atoms with Crippen molar-refractivity contribution in [2.24, 2.45) is 0 Å². The van der Waals surface area contributed by atoms with Crippen molar-refractivity contribution in [2.45, 2.75) is 232 Å². The monoisotopic (exact) mass is 745 g/mol. The third-order valence-corrected chi connectivity index (χ3v) is 9.63. The quantitative estimate of drug-likeness (QED) is 0.0269. The standard InChI is InChI=1S/C47H84O6/c1-4-7-10-13-16-19-21-22-23-24-26-28-31-34-37-40-46(49)52-43-44(42-51-45(48)39-36-33-30-27-18-15-12-9-6-3)53-47(50)41-38-35-32-29-25-20-17-14-11-8-5-2/h9,12,18-19,21,27,44H,4-8,10-11,13-17,20,22-26,28-43H2,1-3H3/b12-9-,21-19-,27-18-. The number of carbonyl (C=O) groups excluding carboxylic acids is 3. The van der Waals surface area contributed by atoms with Crippen LogP contribution in [0.1, 0.15) is 226 Å². The minimum absolute atomic E-state index is 0.0828. The molecule has 0 aromatic rings. The summed E-state index contributed by atoms with van der Waals surface area (Å²) in [5.74, 6) is -0.925. The minimum Gasteiger partial charge on any atom is -0.462 e. The lowest BCUT2D eigenvalue weighted by molar-refractivity contribution is -0.167. The molecule has 0 radical (unpaired) electrons. The highest BCUT2D eigenvalue weighted by molar-refractivity contribution is 5.71. The summed E-state index contributed by atoms with van der Waals surface area (Å²) in [4.78, 5) is 37.6. The predicted molar refractivity (Wildman–Crippen MR) is 224 cm³/mol. The van der Waals surface area contributed by atoms with E-state index in [-0.39, 0.29) is 31.1 Å². The number of hydrogen-bond acceptors (Lipinski definition) is 6. The van der Waals surface area contributed by atoms with Crippen molar-refractivity contribution in [1.82, 2.24) is 0 Å². The molecule has 1 atom stereocenters. The maximum Gasteiger partial charge on any atom is 0.306 e. The highest BCUT2D eigenvalue weighted by Crippen LogP contribution is 2.14. The molecule has 0 N–H and O–H groups in total. The average molecular weight is 745 g/mol. The summed E-state index contributed by atoms with van der Waals surface area (Å²) < 4.78 is 16.6. The van der Waals surface area contributed by atoms with Gasteiger partial charge in [0.25, 0.3) is 0 Å². The van der Waals surface area contributed by atoms with Crippen LogP contribution in [0.5, 0.6) is 0 Å². The molecule has 308 valence electrons. The molecule has 0 saturated heterocycles. The Morgan fingerprint density at radius 3 is 1.21 bits per heavy atom.